The molecule has 0 aliphatic heterocycles. The lowest BCUT2D eigenvalue weighted by molar-refractivity contribution is 0.812. The molecule has 0 saturated carbocycles. The molecule has 0 saturated heterocycles. The molecule has 3 aromatic heterocycles. The SMILES string of the molecule is CCc1cc(Cn2cnc3c(-c4cc(C#N)ccn4)nc(N)nc32)ccc1NC. The maximum atomic E-state index is 9.17. The molecule has 0 aliphatic rings. The molecule has 1 aromatic carbocycles. The minimum atomic E-state index is 0.137. The van der Waals surface area contributed by atoms with E-state index < -0.39 is 0 Å². The topological polar surface area (TPSA) is 118 Å². The summed E-state index contributed by atoms with van der Waals surface area (Å²) in [6.07, 6.45) is 4.24. The second-order valence-corrected chi connectivity index (χ2v) is 6.61. The zero-order valence-electron chi connectivity index (χ0n) is 16.2. The Hall–Kier alpha value is -3.99. The summed E-state index contributed by atoms with van der Waals surface area (Å²) in [4.78, 5) is 17.6. The molecule has 144 valence electrons. The Kier molecular flexibility index (Phi) is 4.79. The van der Waals surface area contributed by atoms with Crippen molar-refractivity contribution in [2.24, 2.45) is 0 Å². The van der Waals surface area contributed by atoms with E-state index in [9.17, 15) is 0 Å². The first-order valence-electron chi connectivity index (χ1n) is 9.27. The van der Waals surface area contributed by atoms with Crippen LogP contribution in [0.1, 0.15) is 23.6 Å². The number of aromatic nitrogens is 5. The number of hydrogen-bond donors (Lipinski definition) is 2. The molecular formula is C21H20N8. The number of aryl methyl sites for hydroxylation is 1. The monoisotopic (exact) mass is 384 g/mol. The summed E-state index contributed by atoms with van der Waals surface area (Å²) in [5, 5.41) is 12.4. The fourth-order valence-electron chi connectivity index (χ4n) is 3.36. The van der Waals surface area contributed by atoms with Gasteiger partial charge >= 0.3 is 0 Å². The Labute approximate surface area is 168 Å². The van der Waals surface area contributed by atoms with Crippen LogP contribution in [-0.2, 0) is 13.0 Å². The number of anilines is 2. The van der Waals surface area contributed by atoms with Gasteiger partial charge < -0.3 is 15.6 Å². The number of imidazole rings is 1. The smallest absolute Gasteiger partial charge is 0.222 e. The molecule has 29 heavy (non-hydrogen) atoms. The maximum Gasteiger partial charge on any atom is 0.222 e. The summed E-state index contributed by atoms with van der Waals surface area (Å²) in [6, 6.07) is 11.8. The summed E-state index contributed by atoms with van der Waals surface area (Å²) < 4.78 is 1.94. The number of benzene rings is 1. The zero-order valence-corrected chi connectivity index (χ0v) is 16.2. The van der Waals surface area contributed by atoms with E-state index in [1.165, 1.54) is 5.56 Å². The number of pyridine rings is 1. The van der Waals surface area contributed by atoms with Crippen LogP contribution in [0.25, 0.3) is 22.6 Å². The molecule has 4 rings (SSSR count). The number of hydrogen-bond acceptors (Lipinski definition) is 7. The van der Waals surface area contributed by atoms with Gasteiger partial charge in [0, 0.05) is 18.9 Å². The number of fused-ring (bicyclic) bond motifs is 1. The van der Waals surface area contributed by atoms with Gasteiger partial charge in [0.05, 0.1) is 30.2 Å². The number of nitriles is 1. The van der Waals surface area contributed by atoms with Crippen molar-refractivity contribution in [1.29, 1.82) is 5.26 Å². The first-order valence-corrected chi connectivity index (χ1v) is 9.27. The molecule has 3 heterocycles. The van der Waals surface area contributed by atoms with Gasteiger partial charge in [0.25, 0.3) is 0 Å². The molecule has 4 aromatic rings. The Balaban J connectivity index is 1.78. The molecule has 8 nitrogen and oxygen atoms in total. The van der Waals surface area contributed by atoms with E-state index in [2.05, 4.69) is 56.4 Å². The predicted molar refractivity (Wildman–Crippen MR) is 112 cm³/mol. The first-order chi connectivity index (χ1) is 14.1. The predicted octanol–water partition coefficient (Wildman–Crippen LogP) is 2.99. The lowest BCUT2D eigenvalue weighted by atomic mass is 10.1. The molecule has 0 bridgehead atoms. The number of nitrogens with one attached hydrogen (secondary N) is 1. The minimum Gasteiger partial charge on any atom is -0.388 e. The van der Waals surface area contributed by atoms with Crippen molar-refractivity contribution in [3.05, 3.63) is 59.5 Å². The highest BCUT2D eigenvalue weighted by molar-refractivity contribution is 5.87. The van der Waals surface area contributed by atoms with Gasteiger partial charge in [0.2, 0.25) is 5.95 Å². The Morgan fingerprint density at radius 3 is 2.79 bits per heavy atom. The van der Waals surface area contributed by atoms with Crippen LogP contribution in [0.2, 0.25) is 0 Å². The van der Waals surface area contributed by atoms with Crippen molar-refractivity contribution < 1.29 is 0 Å². The van der Waals surface area contributed by atoms with Gasteiger partial charge in [-0.2, -0.15) is 10.2 Å². The average Bonchev–Trinajstić information content (AvgIpc) is 3.15. The molecule has 8 heteroatoms. The summed E-state index contributed by atoms with van der Waals surface area (Å²) in [7, 11) is 1.92. The van der Waals surface area contributed by atoms with Crippen molar-refractivity contribution >= 4 is 22.8 Å². The van der Waals surface area contributed by atoms with Crippen LogP contribution in [0.5, 0.6) is 0 Å². The van der Waals surface area contributed by atoms with Gasteiger partial charge in [-0.15, -0.1) is 0 Å². The van der Waals surface area contributed by atoms with E-state index >= 15 is 0 Å². The van der Waals surface area contributed by atoms with Crippen LogP contribution < -0.4 is 11.1 Å². The van der Waals surface area contributed by atoms with E-state index in [0.717, 1.165) is 17.7 Å². The third kappa shape index (κ3) is 3.46. The Bertz CT molecular complexity index is 1240. The summed E-state index contributed by atoms with van der Waals surface area (Å²) in [6.45, 7) is 2.74. The standard InChI is InChI=1S/C21H20N8/c1-3-15-8-14(4-5-16(15)24-2)11-29-12-26-19-18(27-21(23)28-20(19)29)17-9-13(10-22)6-7-25-17/h4-9,12,24H,3,11H2,1-2H3,(H2,23,27,28). The fourth-order valence-corrected chi connectivity index (χ4v) is 3.36. The number of nitrogen functional groups attached to an aromatic ring is 1. The van der Waals surface area contributed by atoms with Crippen LogP contribution in [0, 0.1) is 11.3 Å². The van der Waals surface area contributed by atoms with Crippen LogP contribution in [0.3, 0.4) is 0 Å². The van der Waals surface area contributed by atoms with E-state index in [4.69, 9.17) is 11.0 Å². The molecule has 0 spiro atoms. The van der Waals surface area contributed by atoms with Crippen LogP contribution in [0.4, 0.5) is 11.6 Å². The third-order valence-corrected chi connectivity index (χ3v) is 4.79. The molecular weight excluding hydrogens is 364 g/mol. The lowest BCUT2D eigenvalue weighted by Gasteiger charge is -2.11. The van der Waals surface area contributed by atoms with Crippen molar-refractivity contribution in [3.8, 4) is 17.5 Å². The van der Waals surface area contributed by atoms with Crippen molar-refractivity contribution in [1.82, 2.24) is 24.5 Å². The van der Waals surface area contributed by atoms with Gasteiger partial charge in [-0.05, 0) is 35.7 Å². The molecule has 0 aliphatic carbocycles. The van der Waals surface area contributed by atoms with E-state index in [-0.39, 0.29) is 5.95 Å². The summed E-state index contributed by atoms with van der Waals surface area (Å²) >= 11 is 0. The second kappa shape index (κ2) is 7.56. The molecule has 0 fully saturated rings. The quantitative estimate of drug-likeness (QED) is 0.543. The number of nitrogens with two attached hydrogens (primary N) is 1. The van der Waals surface area contributed by atoms with Gasteiger partial charge in [0.15, 0.2) is 5.65 Å². The highest BCUT2D eigenvalue weighted by Gasteiger charge is 2.16. The van der Waals surface area contributed by atoms with Gasteiger partial charge in [0.1, 0.15) is 11.2 Å². The third-order valence-electron chi connectivity index (χ3n) is 4.79. The first kappa shape index (κ1) is 18.4. The van der Waals surface area contributed by atoms with Gasteiger partial charge in [-0.1, -0.05) is 19.1 Å². The average molecular weight is 384 g/mol. The van der Waals surface area contributed by atoms with Crippen molar-refractivity contribution in [3.63, 3.8) is 0 Å². The fraction of sp³-hybridized carbons (Fsp3) is 0.190. The van der Waals surface area contributed by atoms with Crippen molar-refractivity contribution in [2.45, 2.75) is 19.9 Å². The van der Waals surface area contributed by atoms with Crippen molar-refractivity contribution in [2.75, 3.05) is 18.1 Å². The number of rotatable bonds is 5. The van der Waals surface area contributed by atoms with Gasteiger partial charge in [-0.25, -0.2) is 9.97 Å². The Morgan fingerprint density at radius 2 is 2.03 bits per heavy atom. The summed E-state index contributed by atoms with van der Waals surface area (Å²) in [5.74, 6) is 0.137. The Morgan fingerprint density at radius 1 is 1.17 bits per heavy atom. The second-order valence-electron chi connectivity index (χ2n) is 6.61. The molecule has 0 unspecified atom stereocenters. The summed E-state index contributed by atoms with van der Waals surface area (Å²) in [5.41, 5.74) is 12.3. The van der Waals surface area contributed by atoms with Gasteiger partial charge in [-0.3, -0.25) is 4.98 Å². The highest BCUT2D eigenvalue weighted by Crippen LogP contribution is 2.26. The molecule has 3 N–H and O–H groups in total. The van der Waals surface area contributed by atoms with Crippen LogP contribution in [0.15, 0.2) is 42.9 Å². The maximum absolute atomic E-state index is 9.17. The highest BCUT2D eigenvalue weighted by atomic mass is 15.1. The minimum absolute atomic E-state index is 0.137. The normalized spacial score (nSPS) is 10.8. The number of nitrogens with zero attached hydrogens (tertiary/aromatic N) is 6. The molecule has 0 atom stereocenters. The van der Waals surface area contributed by atoms with E-state index in [1.807, 2.05) is 11.6 Å². The van der Waals surface area contributed by atoms with Crippen LogP contribution in [-0.4, -0.2) is 31.6 Å². The lowest BCUT2D eigenvalue weighted by Crippen LogP contribution is -2.04. The van der Waals surface area contributed by atoms with E-state index in [1.54, 1.807) is 24.7 Å². The molecule has 0 amide bonds. The van der Waals surface area contributed by atoms with Crippen LogP contribution >= 0.6 is 0 Å². The van der Waals surface area contributed by atoms with E-state index in [0.29, 0.717) is 34.7 Å². The molecule has 0 radical (unpaired) electrons. The largest absolute Gasteiger partial charge is 0.388 e. The zero-order chi connectivity index (χ0) is 20.4.